The van der Waals surface area contributed by atoms with Gasteiger partial charge in [-0.1, -0.05) is 11.6 Å². The van der Waals surface area contributed by atoms with Crippen LogP contribution in [-0.2, 0) is 14.6 Å². The first-order valence-corrected chi connectivity index (χ1v) is 11.2. The summed E-state index contributed by atoms with van der Waals surface area (Å²) in [5.74, 6) is -1.41. The van der Waals surface area contributed by atoms with Gasteiger partial charge in [-0.15, -0.1) is 11.8 Å². The predicted octanol–water partition coefficient (Wildman–Crippen LogP) is 2.27. The largest absolute Gasteiger partial charge is 0.272 e. The van der Waals surface area contributed by atoms with Crippen molar-refractivity contribution >= 4 is 50.7 Å². The van der Waals surface area contributed by atoms with Crippen molar-refractivity contribution in [1.82, 2.24) is 10.9 Å². The number of non-ortho nitro benzene ring substituents is 1. The lowest BCUT2D eigenvalue weighted by Gasteiger charge is -2.11. The summed E-state index contributed by atoms with van der Waals surface area (Å²) in [5.41, 5.74) is 4.95. The zero-order valence-corrected chi connectivity index (χ0v) is 17.0. The molecule has 0 aliphatic carbocycles. The number of nitrogens with one attached hydrogen (secondary N) is 2. The standard InChI is InChI=1S/C17H14ClN3O6S2/c18-11-3-1-10(2-4-11)17(23)20-19-16(22)8-28-14-9-29(26,27)15-7-12(21(24)25)5-6-13(14)15/h1-7,14H,8-9H2,(H,19,22)(H,20,23)/t14-/m1/s1. The number of carbonyl (C=O) groups is 2. The number of rotatable bonds is 5. The van der Waals surface area contributed by atoms with Crippen molar-refractivity contribution in [2.75, 3.05) is 11.5 Å². The molecule has 2 aromatic carbocycles. The second-order valence-corrected chi connectivity index (χ2v) is 9.70. The molecule has 1 aliphatic rings. The van der Waals surface area contributed by atoms with Crippen LogP contribution in [0.5, 0.6) is 0 Å². The van der Waals surface area contributed by atoms with Crippen LogP contribution < -0.4 is 10.9 Å². The molecule has 2 aromatic rings. The Morgan fingerprint density at radius 3 is 2.52 bits per heavy atom. The molecule has 0 saturated heterocycles. The third-order valence-electron chi connectivity index (χ3n) is 4.10. The van der Waals surface area contributed by atoms with Gasteiger partial charge in [-0.25, -0.2) is 8.42 Å². The van der Waals surface area contributed by atoms with Gasteiger partial charge in [0.1, 0.15) is 0 Å². The summed E-state index contributed by atoms with van der Waals surface area (Å²) in [7, 11) is -3.66. The topological polar surface area (TPSA) is 135 Å². The smallest absolute Gasteiger partial charge is 0.270 e. The molecule has 1 aliphatic heterocycles. The normalized spacial score (nSPS) is 16.7. The summed E-state index contributed by atoms with van der Waals surface area (Å²) in [6.45, 7) is 0. The third kappa shape index (κ3) is 4.86. The number of sulfone groups is 1. The van der Waals surface area contributed by atoms with Crippen LogP contribution in [0, 0.1) is 10.1 Å². The molecule has 0 radical (unpaired) electrons. The number of nitro benzene ring substituents is 1. The van der Waals surface area contributed by atoms with E-state index in [1.807, 2.05) is 0 Å². The fourth-order valence-electron chi connectivity index (χ4n) is 2.70. The number of fused-ring (bicyclic) bond motifs is 1. The predicted molar refractivity (Wildman–Crippen MR) is 107 cm³/mol. The Hall–Kier alpha value is -2.63. The average molecular weight is 456 g/mol. The number of hydrogen-bond donors (Lipinski definition) is 2. The molecule has 2 N–H and O–H groups in total. The fourth-order valence-corrected chi connectivity index (χ4v) is 6.26. The highest BCUT2D eigenvalue weighted by Gasteiger charge is 2.36. The number of nitro groups is 1. The van der Waals surface area contributed by atoms with E-state index < -0.39 is 31.8 Å². The third-order valence-corrected chi connectivity index (χ3v) is 7.61. The van der Waals surface area contributed by atoms with Gasteiger partial charge < -0.3 is 0 Å². The highest BCUT2D eigenvalue weighted by atomic mass is 35.5. The number of thioether (sulfide) groups is 1. The van der Waals surface area contributed by atoms with Crippen molar-refractivity contribution < 1.29 is 22.9 Å². The Morgan fingerprint density at radius 2 is 1.86 bits per heavy atom. The summed E-state index contributed by atoms with van der Waals surface area (Å²) in [4.78, 5) is 34.1. The molecule has 152 valence electrons. The van der Waals surface area contributed by atoms with E-state index in [-0.39, 0.29) is 22.1 Å². The Labute approximate surface area is 174 Å². The van der Waals surface area contributed by atoms with Crippen LogP contribution in [-0.4, -0.2) is 36.7 Å². The van der Waals surface area contributed by atoms with Crippen LogP contribution in [0.4, 0.5) is 5.69 Å². The Balaban J connectivity index is 1.58. The van der Waals surface area contributed by atoms with Crippen LogP contribution in [0.2, 0.25) is 5.02 Å². The van der Waals surface area contributed by atoms with E-state index in [4.69, 9.17) is 11.6 Å². The van der Waals surface area contributed by atoms with Crippen molar-refractivity contribution in [2.24, 2.45) is 0 Å². The number of benzene rings is 2. The SMILES string of the molecule is O=C(CS[C@@H]1CS(=O)(=O)c2cc([N+](=O)[O-])ccc21)NNC(=O)c1ccc(Cl)cc1. The number of nitrogens with zero attached hydrogens (tertiary/aromatic N) is 1. The van der Waals surface area contributed by atoms with Gasteiger partial charge in [0.2, 0.25) is 5.91 Å². The molecule has 9 nitrogen and oxygen atoms in total. The minimum absolute atomic E-state index is 0.0827. The average Bonchev–Trinajstić information content (AvgIpc) is 2.94. The molecule has 12 heteroatoms. The lowest BCUT2D eigenvalue weighted by Crippen LogP contribution is -2.42. The maximum absolute atomic E-state index is 12.3. The van der Waals surface area contributed by atoms with Gasteiger partial charge >= 0.3 is 0 Å². The molecule has 1 heterocycles. The molecule has 3 rings (SSSR count). The number of halogens is 1. The minimum Gasteiger partial charge on any atom is -0.272 e. The minimum atomic E-state index is -3.66. The molecule has 29 heavy (non-hydrogen) atoms. The van der Waals surface area contributed by atoms with Gasteiger partial charge in [0, 0.05) is 28.0 Å². The van der Waals surface area contributed by atoms with Gasteiger partial charge in [-0.05, 0) is 35.9 Å². The van der Waals surface area contributed by atoms with E-state index in [9.17, 15) is 28.1 Å². The summed E-state index contributed by atoms with van der Waals surface area (Å²) in [6.07, 6.45) is 0. The van der Waals surface area contributed by atoms with Gasteiger partial charge in [-0.2, -0.15) is 0 Å². The lowest BCUT2D eigenvalue weighted by atomic mass is 10.1. The first-order valence-electron chi connectivity index (χ1n) is 8.15. The molecule has 0 fully saturated rings. The van der Waals surface area contributed by atoms with E-state index in [1.54, 1.807) is 0 Å². The maximum Gasteiger partial charge on any atom is 0.270 e. The zero-order chi connectivity index (χ0) is 21.2. The van der Waals surface area contributed by atoms with Crippen molar-refractivity contribution in [3.63, 3.8) is 0 Å². The Morgan fingerprint density at radius 1 is 1.17 bits per heavy atom. The van der Waals surface area contributed by atoms with Crippen molar-refractivity contribution in [3.8, 4) is 0 Å². The summed E-state index contributed by atoms with van der Waals surface area (Å²) in [5, 5.41) is 10.8. The highest BCUT2D eigenvalue weighted by molar-refractivity contribution is 8.02. The molecule has 0 saturated carbocycles. The van der Waals surface area contributed by atoms with E-state index in [0.29, 0.717) is 16.1 Å². The Kier molecular flexibility index (Phi) is 6.10. The van der Waals surface area contributed by atoms with Gasteiger partial charge in [0.25, 0.3) is 11.6 Å². The lowest BCUT2D eigenvalue weighted by molar-refractivity contribution is -0.385. The van der Waals surface area contributed by atoms with E-state index >= 15 is 0 Å². The molecule has 0 unspecified atom stereocenters. The fraction of sp³-hybridized carbons (Fsp3) is 0.176. The monoisotopic (exact) mass is 455 g/mol. The Bertz CT molecular complexity index is 1090. The van der Waals surface area contributed by atoms with Crippen molar-refractivity contribution in [2.45, 2.75) is 10.1 Å². The van der Waals surface area contributed by atoms with E-state index in [2.05, 4.69) is 10.9 Å². The van der Waals surface area contributed by atoms with Gasteiger partial charge in [0.05, 0.1) is 21.3 Å². The summed E-state index contributed by atoms with van der Waals surface area (Å²) >= 11 is 6.82. The molecule has 0 spiro atoms. The molecule has 0 bridgehead atoms. The second kappa shape index (κ2) is 8.39. The van der Waals surface area contributed by atoms with Crippen molar-refractivity contribution in [3.05, 3.63) is 68.7 Å². The molecular formula is C17H14ClN3O6S2. The van der Waals surface area contributed by atoms with E-state index in [1.165, 1.54) is 36.4 Å². The first kappa shape index (κ1) is 21.1. The molecule has 2 amide bonds. The van der Waals surface area contributed by atoms with Crippen molar-refractivity contribution in [1.29, 1.82) is 0 Å². The van der Waals surface area contributed by atoms with E-state index in [0.717, 1.165) is 17.8 Å². The van der Waals surface area contributed by atoms with Crippen LogP contribution in [0.3, 0.4) is 0 Å². The van der Waals surface area contributed by atoms with Gasteiger partial charge in [-0.3, -0.25) is 30.6 Å². The summed E-state index contributed by atoms with van der Waals surface area (Å²) < 4.78 is 24.6. The van der Waals surface area contributed by atoms with Crippen LogP contribution in [0.25, 0.3) is 0 Å². The number of hydrogen-bond acceptors (Lipinski definition) is 7. The van der Waals surface area contributed by atoms with Crippen LogP contribution in [0.1, 0.15) is 21.2 Å². The first-order chi connectivity index (χ1) is 13.7. The van der Waals surface area contributed by atoms with Crippen LogP contribution >= 0.6 is 23.4 Å². The second-order valence-electron chi connectivity index (χ2n) is 6.07. The quantitative estimate of drug-likeness (QED) is 0.521. The van der Waals surface area contributed by atoms with Gasteiger partial charge in [0.15, 0.2) is 9.84 Å². The number of carbonyl (C=O) groups excluding carboxylic acids is 2. The number of hydrazine groups is 1. The summed E-state index contributed by atoms with van der Waals surface area (Å²) in [6, 6.07) is 9.75. The zero-order valence-electron chi connectivity index (χ0n) is 14.6. The molecule has 0 aromatic heterocycles. The highest BCUT2D eigenvalue weighted by Crippen LogP contribution is 2.43. The molecular weight excluding hydrogens is 442 g/mol. The number of amides is 2. The van der Waals surface area contributed by atoms with Crippen LogP contribution in [0.15, 0.2) is 47.4 Å². The molecule has 1 atom stereocenters. The maximum atomic E-state index is 12.3.